The van der Waals surface area contributed by atoms with Gasteiger partial charge < -0.3 is 15.0 Å². The first kappa shape index (κ1) is 20.6. The average molecular weight is 395 g/mol. The summed E-state index contributed by atoms with van der Waals surface area (Å²) < 4.78 is 18.7. The predicted octanol–water partition coefficient (Wildman–Crippen LogP) is 4.44. The highest BCUT2D eigenvalue weighted by molar-refractivity contribution is 6.00. The van der Waals surface area contributed by atoms with Crippen LogP contribution in [0.2, 0.25) is 0 Å². The second kappa shape index (κ2) is 9.37. The van der Waals surface area contributed by atoms with Crippen LogP contribution in [0.4, 0.5) is 10.1 Å². The summed E-state index contributed by atoms with van der Waals surface area (Å²) in [4.78, 5) is 19.5. The number of aliphatic imine (C=N–C) groups is 1. The summed E-state index contributed by atoms with van der Waals surface area (Å²) in [6.07, 6.45) is 1.74. The smallest absolute Gasteiger partial charge is 0.255 e. The number of carbonyl (C=O) groups excluding carboxylic acids is 1. The van der Waals surface area contributed by atoms with Crippen molar-refractivity contribution < 1.29 is 13.9 Å². The number of benzene rings is 2. The van der Waals surface area contributed by atoms with Crippen LogP contribution in [0.5, 0.6) is 0 Å². The molecule has 29 heavy (non-hydrogen) atoms. The molecule has 0 spiro atoms. The number of ether oxygens (including phenoxy) is 1. The molecule has 152 valence electrons. The van der Waals surface area contributed by atoms with Gasteiger partial charge in [0.2, 0.25) is 0 Å². The maximum atomic E-state index is 13.2. The summed E-state index contributed by atoms with van der Waals surface area (Å²) in [6, 6.07) is 13.5. The molecule has 0 aliphatic carbocycles. The minimum absolute atomic E-state index is 0.00698. The molecule has 0 aromatic heterocycles. The molecule has 2 aromatic rings. The summed E-state index contributed by atoms with van der Waals surface area (Å²) in [5.74, 6) is 0.212. The van der Waals surface area contributed by atoms with Crippen molar-refractivity contribution in [2.24, 2.45) is 10.9 Å². The van der Waals surface area contributed by atoms with Gasteiger partial charge in [-0.05, 0) is 54.8 Å². The molecule has 1 aliphatic rings. The van der Waals surface area contributed by atoms with E-state index in [9.17, 15) is 9.18 Å². The van der Waals surface area contributed by atoms with Crippen LogP contribution in [0.25, 0.3) is 5.70 Å². The Kier molecular flexibility index (Phi) is 6.65. The van der Waals surface area contributed by atoms with E-state index in [4.69, 9.17) is 4.74 Å². The van der Waals surface area contributed by atoms with Crippen molar-refractivity contribution in [3.8, 4) is 0 Å². The number of nitrogens with one attached hydrogen (secondary N) is 1. The van der Waals surface area contributed by atoms with E-state index in [1.807, 2.05) is 36.2 Å². The Hall–Kier alpha value is -3.15. The lowest BCUT2D eigenvalue weighted by atomic mass is 9.96. The van der Waals surface area contributed by atoms with Crippen LogP contribution in [-0.2, 0) is 4.74 Å². The fraction of sp³-hybridized carbons (Fsp3) is 0.304. The molecule has 0 radical (unpaired) electrons. The Labute approximate surface area is 170 Å². The van der Waals surface area contributed by atoms with E-state index in [2.05, 4.69) is 16.9 Å². The van der Waals surface area contributed by atoms with Gasteiger partial charge in [0.25, 0.3) is 5.91 Å². The fourth-order valence-corrected chi connectivity index (χ4v) is 3.56. The first-order valence-corrected chi connectivity index (χ1v) is 9.67. The van der Waals surface area contributed by atoms with E-state index in [-0.39, 0.29) is 17.6 Å². The Morgan fingerprint density at radius 2 is 1.97 bits per heavy atom. The lowest BCUT2D eigenvalue weighted by molar-refractivity contribution is 0.0696. The zero-order valence-electron chi connectivity index (χ0n) is 16.8. The van der Waals surface area contributed by atoms with Gasteiger partial charge in [0.15, 0.2) is 5.90 Å². The minimum atomic E-state index is -0.305. The van der Waals surface area contributed by atoms with Gasteiger partial charge in [-0.25, -0.2) is 9.38 Å². The van der Waals surface area contributed by atoms with E-state index >= 15 is 0 Å². The lowest BCUT2D eigenvalue weighted by Crippen LogP contribution is -2.42. The number of piperidine rings is 1. The van der Waals surface area contributed by atoms with Crippen molar-refractivity contribution in [2.75, 3.05) is 32.6 Å². The van der Waals surface area contributed by atoms with Gasteiger partial charge in [-0.15, -0.1) is 0 Å². The van der Waals surface area contributed by atoms with Crippen molar-refractivity contribution in [2.45, 2.75) is 12.8 Å². The van der Waals surface area contributed by atoms with Crippen LogP contribution in [0.15, 0.2) is 60.1 Å². The van der Waals surface area contributed by atoms with Gasteiger partial charge >= 0.3 is 0 Å². The molecule has 1 fully saturated rings. The van der Waals surface area contributed by atoms with Crippen molar-refractivity contribution in [3.05, 3.63) is 72.1 Å². The number of para-hydroxylation sites is 1. The normalized spacial score (nSPS) is 17.0. The summed E-state index contributed by atoms with van der Waals surface area (Å²) in [6.45, 7) is 5.21. The summed E-state index contributed by atoms with van der Waals surface area (Å²) >= 11 is 0. The SMILES string of the molecule is C=C(N=C(OC)[C@H]1CCCN(C(=O)c2ccccc2NC)C1)c1ccc(F)cc1. The van der Waals surface area contributed by atoms with Gasteiger partial charge in [-0.1, -0.05) is 18.7 Å². The fourth-order valence-electron chi connectivity index (χ4n) is 3.56. The molecule has 6 heteroatoms. The number of methoxy groups -OCH3 is 1. The third kappa shape index (κ3) is 4.83. The molecule has 1 amide bonds. The van der Waals surface area contributed by atoms with Gasteiger partial charge in [0.1, 0.15) is 5.82 Å². The largest absolute Gasteiger partial charge is 0.484 e. The van der Waals surface area contributed by atoms with Crippen molar-refractivity contribution in [3.63, 3.8) is 0 Å². The number of halogens is 1. The van der Waals surface area contributed by atoms with Crippen LogP contribution in [0, 0.1) is 11.7 Å². The summed E-state index contributed by atoms with van der Waals surface area (Å²) in [5, 5.41) is 3.07. The molecule has 1 aliphatic heterocycles. The van der Waals surface area contributed by atoms with Gasteiger partial charge in [-0.3, -0.25) is 4.79 Å². The van der Waals surface area contributed by atoms with E-state index in [1.54, 1.807) is 19.2 Å². The Morgan fingerprint density at radius 1 is 1.24 bits per heavy atom. The molecule has 0 bridgehead atoms. The van der Waals surface area contributed by atoms with Crippen molar-refractivity contribution >= 4 is 23.2 Å². The van der Waals surface area contributed by atoms with E-state index in [0.717, 1.165) is 24.1 Å². The molecule has 0 unspecified atom stereocenters. The van der Waals surface area contributed by atoms with Crippen LogP contribution >= 0.6 is 0 Å². The number of amides is 1. The molecule has 1 saturated heterocycles. The first-order valence-electron chi connectivity index (χ1n) is 9.67. The number of carbonyl (C=O) groups is 1. The van der Waals surface area contributed by atoms with Crippen LogP contribution in [0.3, 0.4) is 0 Å². The molecule has 5 nitrogen and oxygen atoms in total. The highest BCUT2D eigenvalue weighted by Gasteiger charge is 2.29. The van der Waals surface area contributed by atoms with E-state index < -0.39 is 0 Å². The van der Waals surface area contributed by atoms with Crippen LogP contribution < -0.4 is 5.32 Å². The Morgan fingerprint density at radius 3 is 2.66 bits per heavy atom. The van der Waals surface area contributed by atoms with Crippen molar-refractivity contribution in [1.29, 1.82) is 0 Å². The minimum Gasteiger partial charge on any atom is -0.484 e. The first-order chi connectivity index (χ1) is 14.0. The van der Waals surface area contributed by atoms with Crippen molar-refractivity contribution in [1.82, 2.24) is 4.90 Å². The standard InChI is InChI=1S/C23H26FN3O2/c1-16(17-10-12-19(24)13-11-17)26-22(29-3)18-7-6-14-27(15-18)23(28)20-8-4-5-9-21(20)25-2/h4-5,8-13,18,25H,1,6-7,14-15H2,2-3H3/t18-/m0/s1. The van der Waals surface area contributed by atoms with E-state index in [1.165, 1.54) is 12.1 Å². The molecular formula is C23H26FN3O2. The molecule has 2 aromatic carbocycles. The third-order valence-corrected chi connectivity index (χ3v) is 5.12. The Balaban J connectivity index is 1.76. The number of rotatable bonds is 5. The predicted molar refractivity (Wildman–Crippen MR) is 114 cm³/mol. The molecule has 1 N–H and O–H groups in total. The maximum absolute atomic E-state index is 13.2. The van der Waals surface area contributed by atoms with Gasteiger partial charge in [0, 0.05) is 25.8 Å². The zero-order chi connectivity index (χ0) is 20.8. The highest BCUT2D eigenvalue weighted by atomic mass is 19.1. The number of likely N-dealkylation sites (tertiary alicyclic amines) is 1. The third-order valence-electron chi connectivity index (χ3n) is 5.12. The highest BCUT2D eigenvalue weighted by Crippen LogP contribution is 2.25. The maximum Gasteiger partial charge on any atom is 0.255 e. The van der Waals surface area contributed by atoms with Crippen LogP contribution in [-0.4, -0.2) is 44.0 Å². The Bertz CT molecular complexity index is 909. The molecule has 1 atom stereocenters. The monoisotopic (exact) mass is 395 g/mol. The average Bonchev–Trinajstić information content (AvgIpc) is 2.77. The quantitative estimate of drug-likeness (QED) is 0.602. The molecular weight excluding hydrogens is 369 g/mol. The summed E-state index contributed by atoms with van der Waals surface area (Å²) in [7, 11) is 3.38. The number of nitrogens with zero attached hydrogens (tertiary/aromatic N) is 2. The topological polar surface area (TPSA) is 53.9 Å². The lowest BCUT2D eigenvalue weighted by Gasteiger charge is -2.33. The number of hydrogen-bond acceptors (Lipinski definition) is 4. The zero-order valence-corrected chi connectivity index (χ0v) is 16.8. The second-order valence-electron chi connectivity index (χ2n) is 6.99. The number of anilines is 1. The molecule has 1 heterocycles. The van der Waals surface area contributed by atoms with Crippen LogP contribution in [0.1, 0.15) is 28.8 Å². The van der Waals surface area contributed by atoms with E-state index in [0.29, 0.717) is 30.2 Å². The number of hydrogen-bond donors (Lipinski definition) is 1. The second-order valence-corrected chi connectivity index (χ2v) is 6.99. The summed E-state index contributed by atoms with van der Waals surface area (Å²) in [5.41, 5.74) is 2.70. The molecule has 0 saturated carbocycles. The van der Waals surface area contributed by atoms with Gasteiger partial charge in [0.05, 0.1) is 24.3 Å². The van der Waals surface area contributed by atoms with Gasteiger partial charge in [-0.2, -0.15) is 0 Å². The molecule has 3 rings (SSSR count).